The molecule has 0 saturated carbocycles. The Morgan fingerprint density at radius 3 is 2.45 bits per heavy atom. The minimum absolute atomic E-state index is 0.175. The summed E-state index contributed by atoms with van der Waals surface area (Å²) < 4.78 is 25.0. The highest BCUT2D eigenvalue weighted by Gasteiger charge is 2.28. The number of rotatable bonds is 5. The van der Waals surface area contributed by atoms with E-state index in [-0.39, 0.29) is 30.5 Å². The van der Waals surface area contributed by atoms with Crippen LogP contribution in [0.2, 0.25) is 0 Å². The van der Waals surface area contributed by atoms with E-state index in [4.69, 9.17) is 0 Å². The monoisotopic (exact) mass is 325 g/mol. The molecular weight excluding hydrogens is 306 g/mol. The third-order valence-electron chi connectivity index (χ3n) is 3.26. The number of benzene rings is 1. The van der Waals surface area contributed by atoms with Gasteiger partial charge in [0.05, 0.1) is 11.4 Å². The molecule has 1 heterocycles. The fourth-order valence-corrected chi connectivity index (χ4v) is 3.78. The molecule has 1 aliphatic rings. The van der Waals surface area contributed by atoms with Crippen molar-refractivity contribution in [1.82, 2.24) is 5.32 Å². The molecule has 2 N–H and O–H groups in total. The smallest absolute Gasteiger partial charge is 0.235 e. The molecule has 0 radical (unpaired) electrons. The van der Waals surface area contributed by atoms with E-state index in [1.807, 2.05) is 0 Å². The van der Waals surface area contributed by atoms with E-state index in [0.717, 1.165) is 0 Å². The highest BCUT2D eigenvalue weighted by Crippen LogP contribution is 2.25. The Morgan fingerprint density at radius 1 is 1.23 bits per heavy atom. The molecule has 1 saturated heterocycles. The van der Waals surface area contributed by atoms with E-state index in [9.17, 15) is 18.0 Å². The number of anilines is 2. The highest BCUT2D eigenvalue weighted by molar-refractivity contribution is 7.93. The van der Waals surface area contributed by atoms with Crippen molar-refractivity contribution < 1.29 is 18.0 Å². The zero-order valence-electron chi connectivity index (χ0n) is 12.3. The summed E-state index contributed by atoms with van der Waals surface area (Å²) in [5.41, 5.74) is 1.20. The molecule has 7 nitrogen and oxygen atoms in total. The Hall–Kier alpha value is -2.09. The number of sulfonamides is 1. The Balaban J connectivity index is 1.92. The number of hydrogen-bond donors (Lipinski definition) is 2. The predicted molar refractivity (Wildman–Crippen MR) is 84.1 cm³/mol. The number of hydrogen-bond acceptors (Lipinski definition) is 4. The number of nitrogens with zero attached hydrogens (tertiary/aromatic N) is 1. The SMILES string of the molecule is CC(=O)NCCC(=O)Nc1ccc(N2CCCS2(=O)=O)cc1. The van der Waals surface area contributed by atoms with Gasteiger partial charge in [0.25, 0.3) is 0 Å². The number of nitrogens with one attached hydrogen (secondary N) is 2. The second-order valence-electron chi connectivity index (χ2n) is 5.07. The first kappa shape index (κ1) is 16.3. The van der Waals surface area contributed by atoms with Gasteiger partial charge in [0, 0.05) is 32.1 Å². The van der Waals surface area contributed by atoms with Crippen molar-refractivity contribution >= 4 is 33.2 Å². The zero-order chi connectivity index (χ0) is 16.2. The minimum Gasteiger partial charge on any atom is -0.356 e. The summed E-state index contributed by atoms with van der Waals surface area (Å²) in [4.78, 5) is 22.4. The number of carbonyl (C=O) groups excluding carboxylic acids is 2. The van der Waals surface area contributed by atoms with Crippen LogP contribution in [-0.4, -0.2) is 39.1 Å². The third-order valence-corrected chi connectivity index (χ3v) is 5.13. The van der Waals surface area contributed by atoms with E-state index in [2.05, 4.69) is 10.6 Å². The summed E-state index contributed by atoms with van der Waals surface area (Å²) in [5.74, 6) is -0.214. The summed E-state index contributed by atoms with van der Waals surface area (Å²) in [5, 5.41) is 5.24. The maximum Gasteiger partial charge on any atom is 0.235 e. The minimum atomic E-state index is -3.19. The molecule has 8 heteroatoms. The lowest BCUT2D eigenvalue weighted by molar-refractivity contribution is -0.119. The van der Waals surface area contributed by atoms with Gasteiger partial charge >= 0.3 is 0 Å². The summed E-state index contributed by atoms with van der Waals surface area (Å²) in [6.07, 6.45) is 0.811. The van der Waals surface area contributed by atoms with Crippen LogP contribution in [0.3, 0.4) is 0 Å². The molecule has 0 unspecified atom stereocenters. The molecule has 1 aromatic rings. The van der Waals surface area contributed by atoms with E-state index in [0.29, 0.717) is 24.3 Å². The molecule has 1 fully saturated rings. The molecule has 0 aromatic heterocycles. The average molecular weight is 325 g/mol. The van der Waals surface area contributed by atoms with Crippen molar-refractivity contribution in [2.45, 2.75) is 19.8 Å². The Kier molecular flexibility index (Phi) is 5.02. The Bertz CT molecular complexity index is 655. The van der Waals surface area contributed by atoms with Gasteiger partial charge in [-0.15, -0.1) is 0 Å². The molecule has 1 aliphatic heterocycles. The standard InChI is InChI=1S/C14H19N3O4S/c1-11(18)15-8-7-14(19)16-12-3-5-13(6-4-12)17-9-2-10-22(17,20)21/h3-6H,2,7-10H2,1H3,(H,15,18)(H,16,19). The maximum absolute atomic E-state index is 11.8. The molecule has 0 bridgehead atoms. The van der Waals surface area contributed by atoms with Gasteiger partial charge in [-0.25, -0.2) is 8.42 Å². The molecule has 22 heavy (non-hydrogen) atoms. The van der Waals surface area contributed by atoms with Crippen LogP contribution in [0.25, 0.3) is 0 Å². The normalized spacial score (nSPS) is 16.3. The first-order valence-electron chi connectivity index (χ1n) is 7.03. The second kappa shape index (κ2) is 6.78. The lowest BCUT2D eigenvalue weighted by Crippen LogP contribution is -2.25. The van der Waals surface area contributed by atoms with Crippen molar-refractivity contribution in [3.63, 3.8) is 0 Å². The molecule has 120 valence electrons. The van der Waals surface area contributed by atoms with E-state index >= 15 is 0 Å². The van der Waals surface area contributed by atoms with Crippen LogP contribution in [0.4, 0.5) is 11.4 Å². The van der Waals surface area contributed by atoms with Crippen LogP contribution >= 0.6 is 0 Å². The third kappa shape index (κ3) is 4.20. The van der Waals surface area contributed by atoms with Gasteiger partial charge in [0.1, 0.15) is 0 Å². The average Bonchev–Trinajstić information content (AvgIpc) is 2.79. The van der Waals surface area contributed by atoms with Crippen LogP contribution in [0.1, 0.15) is 19.8 Å². The Labute approximate surface area is 129 Å². The van der Waals surface area contributed by atoms with E-state index in [1.54, 1.807) is 24.3 Å². The van der Waals surface area contributed by atoms with Gasteiger partial charge < -0.3 is 10.6 Å². The summed E-state index contributed by atoms with van der Waals surface area (Å²) >= 11 is 0. The van der Waals surface area contributed by atoms with E-state index < -0.39 is 10.0 Å². The van der Waals surface area contributed by atoms with Gasteiger partial charge in [-0.2, -0.15) is 0 Å². The largest absolute Gasteiger partial charge is 0.356 e. The number of carbonyl (C=O) groups is 2. The lowest BCUT2D eigenvalue weighted by Gasteiger charge is -2.17. The van der Waals surface area contributed by atoms with Crippen LogP contribution < -0.4 is 14.9 Å². The summed E-state index contributed by atoms with van der Waals surface area (Å²) in [6, 6.07) is 6.68. The Morgan fingerprint density at radius 2 is 1.91 bits per heavy atom. The van der Waals surface area contributed by atoms with Crippen LogP contribution in [0.15, 0.2) is 24.3 Å². The van der Waals surface area contributed by atoms with E-state index in [1.165, 1.54) is 11.2 Å². The van der Waals surface area contributed by atoms with Gasteiger partial charge in [0.15, 0.2) is 0 Å². The predicted octanol–water partition coefficient (Wildman–Crippen LogP) is 0.691. The highest BCUT2D eigenvalue weighted by atomic mass is 32.2. The first-order valence-corrected chi connectivity index (χ1v) is 8.64. The van der Waals surface area contributed by atoms with Gasteiger partial charge in [-0.1, -0.05) is 0 Å². The molecular formula is C14H19N3O4S. The van der Waals surface area contributed by atoms with Crippen molar-refractivity contribution in [2.75, 3.05) is 28.5 Å². The molecule has 2 amide bonds. The van der Waals surface area contributed by atoms with Crippen LogP contribution in [0, 0.1) is 0 Å². The molecule has 0 spiro atoms. The number of amides is 2. The molecule has 0 aliphatic carbocycles. The quantitative estimate of drug-likeness (QED) is 0.832. The molecule has 2 rings (SSSR count). The van der Waals surface area contributed by atoms with Crippen molar-refractivity contribution in [1.29, 1.82) is 0 Å². The van der Waals surface area contributed by atoms with Crippen molar-refractivity contribution in [3.05, 3.63) is 24.3 Å². The van der Waals surface area contributed by atoms with Gasteiger partial charge in [-0.05, 0) is 30.7 Å². The molecule has 0 atom stereocenters. The van der Waals surface area contributed by atoms with Crippen LogP contribution in [0.5, 0.6) is 0 Å². The first-order chi connectivity index (χ1) is 10.4. The van der Waals surface area contributed by atoms with Gasteiger partial charge in [0.2, 0.25) is 21.8 Å². The summed E-state index contributed by atoms with van der Waals surface area (Å²) in [6.45, 7) is 2.17. The lowest BCUT2D eigenvalue weighted by atomic mass is 10.2. The fraction of sp³-hybridized carbons (Fsp3) is 0.429. The fourth-order valence-electron chi connectivity index (χ4n) is 2.22. The second-order valence-corrected chi connectivity index (χ2v) is 7.08. The topological polar surface area (TPSA) is 95.6 Å². The van der Waals surface area contributed by atoms with Crippen molar-refractivity contribution in [3.8, 4) is 0 Å². The van der Waals surface area contributed by atoms with Gasteiger partial charge in [-0.3, -0.25) is 13.9 Å². The van der Waals surface area contributed by atoms with Crippen molar-refractivity contribution in [2.24, 2.45) is 0 Å². The molecule has 1 aromatic carbocycles. The zero-order valence-corrected chi connectivity index (χ0v) is 13.1. The van der Waals surface area contributed by atoms with Crippen LogP contribution in [-0.2, 0) is 19.6 Å². The maximum atomic E-state index is 11.8. The summed E-state index contributed by atoms with van der Waals surface area (Å²) in [7, 11) is -3.19.